The molecule has 2 unspecified atom stereocenters. The number of carboxylic acid groups (broad SMARTS) is 1. The number of anilines is 1. The highest BCUT2D eigenvalue weighted by Gasteiger charge is 2.65. The van der Waals surface area contributed by atoms with E-state index in [1.165, 1.54) is 0 Å². The van der Waals surface area contributed by atoms with Crippen molar-refractivity contribution in [1.82, 2.24) is 0 Å². The number of rotatable bonds is 3. The van der Waals surface area contributed by atoms with Gasteiger partial charge in [0.05, 0.1) is 17.5 Å². The van der Waals surface area contributed by atoms with Gasteiger partial charge in [0, 0.05) is 6.07 Å². The second-order valence-corrected chi connectivity index (χ2v) is 5.23. The fraction of sp³-hybridized carbons (Fsp3) is 0.385. The molecular weight excluding hydrogens is 256 g/mol. The molecule has 0 radical (unpaired) electrons. The fourth-order valence-corrected chi connectivity index (χ4v) is 2.39. The van der Waals surface area contributed by atoms with Crippen LogP contribution in [0.5, 0.6) is 0 Å². The number of nitrogens with one attached hydrogen (secondary N) is 1. The fourth-order valence-electron chi connectivity index (χ4n) is 2.39. The Bertz CT molecular complexity index is 557. The van der Waals surface area contributed by atoms with Crippen molar-refractivity contribution >= 4 is 17.6 Å². The molecule has 2 atom stereocenters. The number of amides is 1. The molecule has 1 saturated carbocycles. The van der Waals surface area contributed by atoms with E-state index in [-0.39, 0.29) is 5.69 Å². The van der Waals surface area contributed by atoms with Crippen LogP contribution in [0.15, 0.2) is 18.2 Å². The summed E-state index contributed by atoms with van der Waals surface area (Å²) in [5.74, 6) is -4.75. The highest BCUT2D eigenvalue weighted by atomic mass is 19.1. The summed E-state index contributed by atoms with van der Waals surface area (Å²) >= 11 is 0. The second-order valence-electron chi connectivity index (χ2n) is 5.23. The van der Waals surface area contributed by atoms with Gasteiger partial charge in [0.25, 0.3) is 0 Å². The molecule has 1 aliphatic rings. The molecule has 2 N–H and O–H groups in total. The molecule has 1 aromatic rings. The van der Waals surface area contributed by atoms with Gasteiger partial charge in [-0.25, -0.2) is 8.78 Å². The van der Waals surface area contributed by atoms with Gasteiger partial charge >= 0.3 is 5.97 Å². The van der Waals surface area contributed by atoms with Gasteiger partial charge in [0.1, 0.15) is 11.6 Å². The average Bonchev–Trinajstić information content (AvgIpc) is 2.86. The maximum atomic E-state index is 13.4. The van der Waals surface area contributed by atoms with E-state index in [1.54, 1.807) is 13.8 Å². The summed E-state index contributed by atoms with van der Waals surface area (Å²) in [4.78, 5) is 22.9. The van der Waals surface area contributed by atoms with E-state index in [0.717, 1.165) is 12.1 Å². The SMILES string of the molecule is CC1(C)C(C(=O)O)C1C(=O)Nc1ccc(F)cc1F. The molecule has 1 fully saturated rings. The van der Waals surface area contributed by atoms with E-state index in [9.17, 15) is 18.4 Å². The number of hydrogen-bond acceptors (Lipinski definition) is 2. The normalized spacial score (nSPS) is 23.8. The van der Waals surface area contributed by atoms with Crippen molar-refractivity contribution in [2.45, 2.75) is 13.8 Å². The number of carboxylic acids is 1. The maximum Gasteiger partial charge on any atom is 0.307 e. The minimum Gasteiger partial charge on any atom is -0.481 e. The van der Waals surface area contributed by atoms with E-state index in [1.807, 2.05) is 0 Å². The van der Waals surface area contributed by atoms with Crippen molar-refractivity contribution in [2.24, 2.45) is 17.3 Å². The van der Waals surface area contributed by atoms with Crippen molar-refractivity contribution in [3.63, 3.8) is 0 Å². The molecular formula is C13H13F2NO3. The molecule has 6 heteroatoms. The number of halogens is 2. The smallest absolute Gasteiger partial charge is 0.307 e. The number of carbonyl (C=O) groups excluding carboxylic acids is 1. The Kier molecular flexibility index (Phi) is 3.04. The van der Waals surface area contributed by atoms with Crippen LogP contribution in [0.3, 0.4) is 0 Å². The third-order valence-electron chi connectivity index (χ3n) is 3.56. The lowest BCUT2D eigenvalue weighted by Crippen LogP contribution is -2.18. The summed E-state index contributed by atoms with van der Waals surface area (Å²) in [6, 6.07) is 2.78. The Balaban J connectivity index is 2.13. The number of carbonyl (C=O) groups is 2. The zero-order chi connectivity index (χ0) is 14.4. The van der Waals surface area contributed by atoms with Crippen molar-refractivity contribution in [3.05, 3.63) is 29.8 Å². The average molecular weight is 269 g/mol. The number of hydrogen-bond donors (Lipinski definition) is 2. The van der Waals surface area contributed by atoms with Crippen LogP contribution in [0.1, 0.15) is 13.8 Å². The van der Waals surface area contributed by atoms with Gasteiger partial charge in [-0.05, 0) is 17.5 Å². The Morgan fingerprint density at radius 1 is 1.26 bits per heavy atom. The summed E-state index contributed by atoms with van der Waals surface area (Å²) < 4.78 is 26.1. The summed E-state index contributed by atoms with van der Waals surface area (Å²) in [5.41, 5.74) is -0.815. The first-order valence-electron chi connectivity index (χ1n) is 5.74. The third kappa shape index (κ3) is 2.30. The van der Waals surface area contributed by atoms with Gasteiger partial charge in [-0.2, -0.15) is 0 Å². The monoisotopic (exact) mass is 269 g/mol. The van der Waals surface area contributed by atoms with Crippen LogP contribution < -0.4 is 5.32 Å². The van der Waals surface area contributed by atoms with Crippen LogP contribution in [0, 0.1) is 28.9 Å². The summed E-state index contributed by atoms with van der Waals surface area (Å²) in [5, 5.41) is 11.3. The molecule has 4 nitrogen and oxygen atoms in total. The molecule has 1 aromatic carbocycles. The van der Waals surface area contributed by atoms with Crippen LogP contribution in [0.2, 0.25) is 0 Å². The quantitative estimate of drug-likeness (QED) is 0.884. The minimum atomic E-state index is -1.05. The van der Waals surface area contributed by atoms with Gasteiger partial charge in [-0.3, -0.25) is 9.59 Å². The summed E-state index contributed by atoms with van der Waals surface area (Å²) in [7, 11) is 0. The van der Waals surface area contributed by atoms with Crippen molar-refractivity contribution in [3.8, 4) is 0 Å². The standard InChI is InChI=1S/C13H13F2NO3/c1-13(2)9(10(13)12(18)19)11(17)16-8-4-3-6(14)5-7(8)15/h3-5,9-10H,1-2H3,(H,16,17)(H,18,19). The zero-order valence-corrected chi connectivity index (χ0v) is 10.4. The largest absolute Gasteiger partial charge is 0.481 e. The van der Waals surface area contributed by atoms with Crippen LogP contribution >= 0.6 is 0 Å². The first kappa shape index (κ1) is 13.5. The van der Waals surface area contributed by atoms with Crippen LogP contribution in [-0.4, -0.2) is 17.0 Å². The molecule has 0 aromatic heterocycles. The summed E-state index contributed by atoms with van der Waals surface area (Å²) in [6.07, 6.45) is 0. The molecule has 1 amide bonds. The summed E-state index contributed by atoms with van der Waals surface area (Å²) in [6.45, 7) is 3.33. The van der Waals surface area contributed by atoms with Gasteiger partial charge in [-0.15, -0.1) is 0 Å². The molecule has 0 spiro atoms. The minimum absolute atomic E-state index is 0.154. The molecule has 0 saturated heterocycles. The lowest BCUT2D eigenvalue weighted by Gasteiger charge is -2.07. The van der Waals surface area contributed by atoms with E-state index in [4.69, 9.17) is 5.11 Å². The predicted octanol–water partition coefficient (Wildman–Crippen LogP) is 2.26. The predicted molar refractivity (Wildman–Crippen MR) is 63.4 cm³/mol. The number of benzene rings is 1. The van der Waals surface area contributed by atoms with E-state index in [2.05, 4.69) is 5.32 Å². The van der Waals surface area contributed by atoms with Gasteiger partial charge < -0.3 is 10.4 Å². The van der Waals surface area contributed by atoms with Gasteiger partial charge in [0.2, 0.25) is 5.91 Å². The molecule has 102 valence electrons. The van der Waals surface area contributed by atoms with Crippen LogP contribution in [0.25, 0.3) is 0 Å². The highest BCUT2D eigenvalue weighted by molar-refractivity contribution is 5.99. The molecule has 19 heavy (non-hydrogen) atoms. The molecule has 2 rings (SSSR count). The highest BCUT2D eigenvalue weighted by Crippen LogP contribution is 2.58. The first-order chi connectivity index (χ1) is 8.75. The lowest BCUT2D eigenvalue weighted by molar-refractivity contribution is -0.140. The third-order valence-corrected chi connectivity index (χ3v) is 3.56. The van der Waals surface area contributed by atoms with Crippen molar-refractivity contribution < 1.29 is 23.5 Å². The molecule has 1 aliphatic carbocycles. The van der Waals surface area contributed by atoms with Crippen LogP contribution in [-0.2, 0) is 9.59 Å². The Hall–Kier alpha value is -1.98. The van der Waals surface area contributed by atoms with Gasteiger partial charge in [-0.1, -0.05) is 13.8 Å². The Morgan fingerprint density at radius 3 is 2.37 bits per heavy atom. The van der Waals surface area contributed by atoms with E-state index in [0.29, 0.717) is 6.07 Å². The van der Waals surface area contributed by atoms with Crippen molar-refractivity contribution in [2.75, 3.05) is 5.32 Å². The molecule has 0 bridgehead atoms. The first-order valence-corrected chi connectivity index (χ1v) is 5.74. The molecule has 0 heterocycles. The van der Waals surface area contributed by atoms with E-state index >= 15 is 0 Å². The molecule has 0 aliphatic heterocycles. The Morgan fingerprint density at radius 2 is 1.89 bits per heavy atom. The topological polar surface area (TPSA) is 66.4 Å². The number of aliphatic carboxylic acids is 1. The zero-order valence-electron chi connectivity index (χ0n) is 10.4. The van der Waals surface area contributed by atoms with Crippen molar-refractivity contribution in [1.29, 1.82) is 0 Å². The van der Waals surface area contributed by atoms with Crippen LogP contribution in [0.4, 0.5) is 14.5 Å². The Labute approximate surface area is 108 Å². The lowest BCUT2D eigenvalue weighted by atomic mass is 10.1. The second kappa shape index (κ2) is 4.29. The van der Waals surface area contributed by atoms with E-state index < -0.39 is 40.8 Å². The van der Waals surface area contributed by atoms with Gasteiger partial charge in [0.15, 0.2) is 0 Å². The maximum absolute atomic E-state index is 13.4.